The van der Waals surface area contributed by atoms with Crippen LogP contribution >= 0.6 is 11.6 Å². The molecular weight excluding hydrogens is 506 g/mol. The van der Waals surface area contributed by atoms with E-state index in [1.807, 2.05) is 43.0 Å². The number of Topliss-reactive ketones (excluding diaryl/α,β-unsaturated/α-hetero) is 1. The van der Waals surface area contributed by atoms with Crippen molar-refractivity contribution < 1.29 is 19.1 Å². The fraction of sp³-hybridized carbons (Fsp3) is 0.393. The minimum absolute atomic E-state index is 0.0708. The van der Waals surface area contributed by atoms with Gasteiger partial charge in [0.15, 0.2) is 0 Å². The first-order valence-electron chi connectivity index (χ1n) is 12.6. The average Bonchev–Trinajstić information content (AvgIpc) is 3.19. The molecule has 1 saturated heterocycles. The van der Waals surface area contributed by atoms with Crippen LogP contribution in [0.2, 0.25) is 5.02 Å². The molecule has 1 aromatic heterocycles. The first kappa shape index (κ1) is 27.5. The van der Waals surface area contributed by atoms with E-state index < -0.39 is 11.7 Å². The van der Waals surface area contributed by atoms with Gasteiger partial charge < -0.3 is 20.4 Å². The Labute approximate surface area is 227 Å². The minimum atomic E-state index is -0.691. The van der Waals surface area contributed by atoms with Gasteiger partial charge in [0.05, 0.1) is 23.3 Å². The van der Waals surface area contributed by atoms with Crippen molar-refractivity contribution in [2.24, 2.45) is 0 Å². The van der Waals surface area contributed by atoms with Crippen molar-refractivity contribution in [2.75, 3.05) is 39.6 Å². The van der Waals surface area contributed by atoms with E-state index in [0.717, 1.165) is 12.1 Å². The van der Waals surface area contributed by atoms with E-state index in [1.54, 1.807) is 12.1 Å². The van der Waals surface area contributed by atoms with Crippen LogP contribution in [0.3, 0.4) is 0 Å². The van der Waals surface area contributed by atoms with Gasteiger partial charge in [0.1, 0.15) is 5.75 Å². The predicted molar refractivity (Wildman–Crippen MR) is 148 cm³/mol. The van der Waals surface area contributed by atoms with Gasteiger partial charge in [0.25, 0.3) is 17.6 Å². The molecule has 0 saturated carbocycles. The van der Waals surface area contributed by atoms with Gasteiger partial charge in [-0.25, -0.2) is 0 Å². The summed E-state index contributed by atoms with van der Waals surface area (Å²) in [6.07, 6.45) is 1.41. The maximum absolute atomic E-state index is 13.9. The molecule has 202 valence electrons. The van der Waals surface area contributed by atoms with E-state index in [0.29, 0.717) is 46.9 Å². The summed E-state index contributed by atoms with van der Waals surface area (Å²) < 4.78 is 7.12. The number of halogens is 1. The van der Waals surface area contributed by atoms with Crippen molar-refractivity contribution in [3.8, 4) is 5.75 Å². The number of hydrogen-bond acceptors (Lipinski definition) is 6. The highest BCUT2D eigenvalue weighted by Gasteiger charge is 2.34. The van der Waals surface area contributed by atoms with Crippen molar-refractivity contribution in [3.63, 3.8) is 0 Å². The molecular formula is C28H34ClN5O4. The van der Waals surface area contributed by atoms with Crippen molar-refractivity contribution in [1.29, 1.82) is 0 Å². The smallest absolute Gasteiger partial charge is 0.294 e. The van der Waals surface area contributed by atoms with Crippen LogP contribution in [0.4, 0.5) is 0 Å². The molecule has 1 aliphatic rings. The Balaban J connectivity index is 1.66. The summed E-state index contributed by atoms with van der Waals surface area (Å²) in [5.41, 5.74) is 2.09. The second-order valence-electron chi connectivity index (χ2n) is 9.99. The highest BCUT2D eigenvalue weighted by Crippen LogP contribution is 2.32. The van der Waals surface area contributed by atoms with Crippen LogP contribution in [0.1, 0.15) is 47.1 Å². The molecule has 10 heteroatoms. The summed E-state index contributed by atoms with van der Waals surface area (Å²) in [6, 6.07) is 11.1. The van der Waals surface area contributed by atoms with Crippen LogP contribution in [0.15, 0.2) is 42.6 Å². The molecule has 2 amide bonds. The number of ketones is 1. The number of piperazine rings is 1. The van der Waals surface area contributed by atoms with Gasteiger partial charge in [-0.2, -0.15) is 0 Å². The number of amides is 2. The fourth-order valence-electron chi connectivity index (χ4n) is 4.94. The lowest BCUT2D eigenvalue weighted by atomic mass is 10.0. The first-order chi connectivity index (χ1) is 18.0. The number of nitrogens with two attached hydrogens (primary N) is 1. The van der Waals surface area contributed by atoms with Gasteiger partial charge >= 0.3 is 0 Å². The maximum Gasteiger partial charge on any atom is 0.294 e. The number of carbonyl (C=O) groups is 3. The molecule has 0 aliphatic carbocycles. The third kappa shape index (κ3) is 5.35. The molecule has 1 aliphatic heterocycles. The molecule has 2 heterocycles. The zero-order chi connectivity index (χ0) is 27.7. The lowest BCUT2D eigenvalue weighted by molar-refractivity contribution is -0.124. The highest BCUT2D eigenvalue weighted by molar-refractivity contribution is 6.44. The quantitative estimate of drug-likeness (QED) is 0.280. The van der Waals surface area contributed by atoms with Gasteiger partial charge in [-0.1, -0.05) is 23.7 Å². The molecule has 0 spiro atoms. The molecule has 3 aromatic rings. The zero-order valence-electron chi connectivity index (χ0n) is 22.4. The number of rotatable bonds is 7. The van der Waals surface area contributed by atoms with Crippen molar-refractivity contribution in [2.45, 2.75) is 39.4 Å². The summed E-state index contributed by atoms with van der Waals surface area (Å²) in [4.78, 5) is 44.7. The Kier molecular flexibility index (Phi) is 7.99. The third-order valence-corrected chi connectivity index (χ3v) is 7.20. The van der Waals surface area contributed by atoms with Crippen molar-refractivity contribution in [3.05, 3.63) is 64.3 Å². The Hall–Kier alpha value is -3.56. The monoisotopic (exact) mass is 539 g/mol. The van der Waals surface area contributed by atoms with Crippen LogP contribution in [0, 0.1) is 0 Å². The number of nitrogen functional groups attached to an aromatic ring is 1. The molecule has 1 fully saturated rings. The second kappa shape index (κ2) is 11.0. The van der Waals surface area contributed by atoms with Crippen LogP contribution in [0.25, 0.3) is 10.9 Å². The largest absolute Gasteiger partial charge is 0.493 e. The minimum Gasteiger partial charge on any atom is -0.493 e. The van der Waals surface area contributed by atoms with E-state index in [2.05, 4.69) is 11.8 Å². The molecule has 2 atom stereocenters. The topological polar surface area (TPSA) is 101 Å². The highest BCUT2D eigenvalue weighted by atomic mass is 35.5. The Morgan fingerprint density at radius 1 is 1.08 bits per heavy atom. The second-order valence-corrected chi connectivity index (χ2v) is 10.4. The number of carbonyl (C=O) groups excluding carboxylic acids is 3. The van der Waals surface area contributed by atoms with Crippen LogP contribution in [-0.4, -0.2) is 82.8 Å². The van der Waals surface area contributed by atoms with Crippen molar-refractivity contribution >= 4 is 40.1 Å². The van der Waals surface area contributed by atoms with Crippen molar-refractivity contribution in [1.82, 2.24) is 19.4 Å². The number of ether oxygens (including phenoxy) is 1. The van der Waals surface area contributed by atoms with Gasteiger partial charge in [-0.3, -0.25) is 24.0 Å². The first-order valence-corrected chi connectivity index (χ1v) is 13.0. The van der Waals surface area contributed by atoms with E-state index in [-0.39, 0.29) is 23.6 Å². The van der Waals surface area contributed by atoms with E-state index in [1.165, 1.54) is 29.9 Å². The van der Waals surface area contributed by atoms with Gasteiger partial charge in [0, 0.05) is 68.5 Å². The number of likely N-dealkylation sites (N-methyl/N-ethyl adjacent to an activating group) is 1. The lowest BCUT2D eigenvalue weighted by Gasteiger charge is -2.44. The standard InChI is InChI=1S/C28H34ClN5O4/c1-6-38-25-12-24-21(23(16-34(24)30)26(35)28(37)31(4)5)11-22(25)27(36)33-14-17(2)32(13-18(33)3)15-19-8-7-9-20(29)10-19/h7-12,16-18H,6,13-15,30H2,1-5H3/t17-,18+/m0/s1. The van der Waals surface area contributed by atoms with Crippen LogP contribution < -0.4 is 10.6 Å². The van der Waals surface area contributed by atoms with Crippen LogP contribution in [0.5, 0.6) is 5.75 Å². The van der Waals surface area contributed by atoms with E-state index in [4.69, 9.17) is 22.2 Å². The number of nitrogens with zero attached hydrogens (tertiary/aromatic N) is 4. The number of hydrogen-bond donors (Lipinski definition) is 1. The third-order valence-electron chi connectivity index (χ3n) is 6.96. The SMILES string of the molecule is CCOc1cc2c(cc1C(=O)N1C[C@H](C)N(Cc3cccc(Cl)c3)C[C@H]1C)c(C(=O)C(=O)N(C)C)cn2N. The van der Waals surface area contributed by atoms with Gasteiger partial charge in [0.2, 0.25) is 0 Å². The summed E-state index contributed by atoms with van der Waals surface area (Å²) in [5, 5.41) is 1.13. The molecule has 9 nitrogen and oxygen atoms in total. The Bertz CT molecular complexity index is 1390. The zero-order valence-corrected chi connectivity index (χ0v) is 23.2. The average molecular weight is 540 g/mol. The normalized spacial score (nSPS) is 18.0. The molecule has 0 bridgehead atoms. The summed E-state index contributed by atoms with van der Waals surface area (Å²) in [7, 11) is 3.03. The Morgan fingerprint density at radius 2 is 1.82 bits per heavy atom. The molecule has 4 rings (SSSR count). The molecule has 2 aromatic carbocycles. The lowest BCUT2D eigenvalue weighted by Crippen LogP contribution is -2.57. The molecule has 2 N–H and O–H groups in total. The molecule has 38 heavy (non-hydrogen) atoms. The molecule has 0 radical (unpaired) electrons. The predicted octanol–water partition coefficient (Wildman–Crippen LogP) is 3.41. The Morgan fingerprint density at radius 3 is 2.47 bits per heavy atom. The van der Waals surface area contributed by atoms with E-state index in [9.17, 15) is 14.4 Å². The summed E-state index contributed by atoms with van der Waals surface area (Å²) in [5.74, 6) is 4.96. The summed E-state index contributed by atoms with van der Waals surface area (Å²) >= 11 is 6.17. The van der Waals surface area contributed by atoms with E-state index >= 15 is 0 Å². The van der Waals surface area contributed by atoms with Crippen LogP contribution in [-0.2, 0) is 11.3 Å². The number of fused-ring (bicyclic) bond motifs is 1. The number of aromatic nitrogens is 1. The maximum atomic E-state index is 13.9. The summed E-state index contributed by atoms with van der Waals surface area (Å²) in [6.45, 7) is 8.25. The molecule has 0 unspecified atom stereocenters. The fourth-order valence-corrected chi connectivity index (χ4v) is 5.16. The van der Waals surface area contributed by atoms with Gasteiger partial charge in [-0.05, 0) is 44.5 Å². The number of benzene rings is 2. The van der Waals surface area contributed by atoms with Gasteiger partial charge in [-0.15, -0.1) is 0 Å².